The summed E-state index contributed by atoms with van der Waals surface area (Å²) >= 11 is 3.51. The van der Waals surface area contributed by atoms with E-state index in [9.17, 15) is 0 Å². The van der Waals surface area contributed by atoms with Gasteiger partial charge in [-0.25, -0.2) is 0 Å². The maximum Gasteiger partial charge on any atom is 0.258 e. The van der Waals surface area contributed by atoms with Gasteiger partial charge in [-0.2, -0.15) is 4.57 Å². The molecule has 1 aliphatic rings. The van der Waals surface area contributed by atoms with Crippen molar-refractivity contribution in [3.63, 3.8) is 0 Å². The molecule has 5 heteroatoms. The standard InChI is InChI=1S/C19H18NO2S2/c1-9(2)7-11-17-16(20(4)12-5-6-23-18(11)12)14-10(3)24-19-15(14)13(22-17)8-21-19/h5-6,8-9H,7H2,1-4H3/q+1. The Hall–Kier alpha value is -1.85. The van der Waals surface area contributed by atoms with E-state index in [1.54, 1.807) is 28.9 Å². The van der Waals surface area contributed by atoms with Crippen LogP contribution in [0.2, 0.25) is 0 Å². The lowest BCUT2D eigenvalue weighted by Crippen LogP contribution is -2.33. The van der Waals surface area contributed by atoms with Crippen LogP contribution in [0.5, 0.6) is 11.5 Å². The zero-order valence-electron chi connectivity index (χ0n) is 14.1. The predicted molar refractivity (Wildman–Crippen MR) is 99.4 cm³/mol. The first-order valence-electron chi connectivity index (χ1n) is 8.17. The Kier molecular flexibility index (Phi) is 2.92. The van der Waals surface area contributed by atoms with Gasteiger partial charge in [-0.15, -0.1) is 22.7 Å². The van der Waals surface area contributed by atoms with Gasteiger partial charge in [-0.05, 0) is 24.6 Å². The van der Waals surface area contributed by atoms with Crippen molar-refractivity contribution in [2.24, 2.45) is 13.0 Å². The minimum absolute atomic E-state index is 0.574. The molecule has 0 atom stereocenters. The molecule has 0 spiro atoms. The molecule has 0 aliphatic carbocycles. The van der Waals surface area contributed by atoms with Gasteiger partial charge >= 0.3 is 0 Å². The Bertz CT molecular complexity index is 1110. The van der Waals surface area contributed by atoms with Crippen molar-refractivity contribution in [2.75, 3.05) is 0 Å². The van der Waals surface area contributed by atoms with Crippen LogP contribution in [0.1, 0.15) is 24.3 Å². The van der Waals surface area contributed by atoms with Crippen LogP contribution >= 0.6 is 22.7 Å². The third kappa shape index (κ3) is 1.74. The Labute approximate surface area is 148 Å². The summed E-state index contributed by atoms with van der Waals surface area (Å²) in [6.45, 7) is 6.70. The molecule has 3 nitrogen and oxygen atoms in total. The number of fused-ring (bicyclic) bond motifs is 3. The SMILES string of the molecule is Cc1sc2occ3c2c1-c1c(c(CC(C)C)c2sccc2[n+]1C)O3. The van der Waals surface area contributed by atoms with Gasteiger partial charge in [0.15, 0.2) is 10.6 Å². The highest BCUT2D eigenvalue weighted by Crippen LogP contribution is 2.53. The Morgan fingerprint density at radius 1 is 1.29 bits per heavy atom. The first kappa shape index (κ1) is 14.5. The van der Waals surface area contributed by atoms with Crippen LogP contribution in [0.3, 0.4) is 0 Å². The van der Waals surface area contributed by atoms with E-state index in [4.69, 9.17) is 9.15 Å². The quantitative estimate of drug-likeness (QED) is 0.373. The molecule has 4 aromatic heterocycles. The van der Waals surface area contributed by atoms with Gasteiger partial charge in [0.2, 0.25) is 11.3 Å². The van der Waals surface area contributed by atoms with Crippen molar-refractivity contribution < 1.29 is 13.7 Å². The number of rotatable bonds is 2. The van der Waals surface area contributed by atoms with Gasteiger partial charge in [0.25, 0.3) is 5.69 Å². The molecule has 5 rings (SSSR count). The summed E-state index contributed by atoms with van der Waals surface area (Å²) in [5.41, 5.74) is 5.08. The van der Waals surface area contributed by atoms with Gasteiger partial charge in [-0.1, -0.05) is 13.8 Å². The van der Waals surface area contributed by atoms with Crippen LogP contribution in [0.15, 0.2) is 22.1 Å². The number of thiophene rings is 2. The van der Waals surface area contributed by atoms with Gasteiger partial charge in [-0.3, -0.25) is 0 Å². The van der Waals surface area contributed by atoms with Crippen molar-refractivity contribution >= 4 is 43.2 Å². The first-order valence-corrected chi connectivity index (χ1v) is 9.86. The zero-order valence-corrected chi connectivity index (χ0v) is 15.7. The molecule has 0 aromatic carbocycles. The second-order valence-corrected chi connectivity index (χ2v) is 8.95. The Balaban J connectivity index is 1.96. The molecule has 0 N–H and O–H groups in total. The summed E-state index contributed by atoms with van der Waals surface area (Å²) in [7, 11) is 2.14. The van der Waals surface area contributed by atoms with Crippen molar-refractivity contribution in [3.05, 3.63) is 28.2 Å². The summed E-state index contributed by atoms with van der Waals surface area (Å²) in [4.78, 5) is 2.25. The van der Waals surface area contributed by atoms with Crippen molar-refractivity contribution in [1.82, 2.24) is 0 Å². The molecule has 122 valence electrons. The highest BCUT2D eigenvalue weighted by atomic mass is 32.1. The van der Waals surface area contributed by atoms with E-state index < -0.39 is 0 Å². The fourth-order valence-corrected chi connectivity index (χ4v) is 5.72. The molecule has 0 saturated carbocycles. The second-order valence-electron chi connectivity index (χ2n) is 6.85. The zero-order chi connectivity index (χ0) is 16.6. The topological polar surface area (TPSA) is 26.2 Å². The number of nitrogens with zero attached hydrogens (tertiary/aromatic N) is 1. The monoisotopic (exact) mass is 356 g/mol. The fourth-order valence-electron chi connectivity index (χ4n) is 3.76. The number of ether oxygens (including phenoxy) is 1. The predicted octanol–water partition coefficient (Wildman–Crippen LogP) is 5.81. The van der Waals surface area contributed by atoms with E-state index in [0.717, 1.165) is 28.2 Å². The third-order valence-electron chi connectivity index (χ3n) is 4.74. The minimum atomic E-state index is 0.574. The lowest BCUT2D eigenvalue weighted by atomic mass is 9.96. The Morgan fingerprint density at radius 2 is 2.12 bits per heavy atom. The minimum Gasteiger partial charge on any atom is -0.450 e. The average molecular weight is 356 g/mol. The van der Waals surface area contributed by atoms with E-state index in [1.165, 1.54) is 31.9 Å². The fraction of sp³-hybridized carbons (Fsp3) is 0.316. The van der Waals surface area contributed by atoms with E-state index in [2.05, 4.69) is 43.8 Å². The molecule has 1 aliphatic heterocycles. The summed E-state index contributed by atoms with van der Waals surface area (Å²) in [5, 5.41) is 3.31. The van der Waals surface area contributed by atoms with Gasteiger partial charge in [0.05, 0.1) is 10.9 Å². The van der Waals surface area contributed by atoms with Crippen LogP contribution in [0, 0.1) is 12.8 Å². The summed E-state index contributed by atoms with van der Waals surface area (Å²) < 4.78 is 15.8. The van der Waals surface area contributed by atoms with E-state index in [1.807, 2.05) is 0 Å². The molecule has 0 amide bonds. The lowest BCUT2D eigenvalue weighted by molar-refractivity contribution is -0.633. The summed E-state index contributed by atoms with van der Waals surface area (Å²) in [5.74, 6) is 2.45. The van der Waals surface area contributed by atoms with E-state index in [-0.39, 0.29) is 0 Å². The van der Waals surface area contributed by atoms with Crippen LogP contribution in [0.25, 0.3) is 31.8 Å². The highest BCUT2D eigenvalue weighted by molar-refractivity contribution is 7.19. The largest absolute Gasteiger partial charge is 0.450 e. The molecule has 0 fully saturated rings. The van der Waals surface area contributed by atoms with Gasteiger partial charge < -0.3 is 9.15 Å². The second kappa shape index (κ2) is 4.83. The summed E-state index contributed by atoms with van der Waals surface area (Å²) in [6.07, 6.45) is 2.77. The van der Waals surface area contributed by atoms with Gasteiger partial charge in [0.1, 0.15) is 18.0 Å². The maximum atomic E-state index is 6.39. The highest BCUT2D eigenvalue weighted by Gasteiger charge is 2.37. The average Bonchev–Trinajstić information content (AvgIpc) is 3.23. The number of furan rings is 1. The van der Waals surface area contributed by atoms with Crippen LogP contribution in [0.4, 0.5) is 0 Å². The van der Waals surface area contributed by atoms with Crippen molar-refractivity contribution in [3.8, 4) is 22.8 Å². The van der Waals surface area contributed by atoms with Crippen molar-refractivity contribution in [1.29, 1.82) is 0 Å². The smallest absolute Gasteiger partial charge is 0.258 e. The molecule has 0 bridgehead atoms. The molecule has 0 radical (unpaired) electrons. The van der Waals surface area contributed by atoms with E-state index in [0.29, 0.717) is 5.92 Å². The molecule has 4 aromatic rings. The third-order valence-corrected chi connectivity index (χ3v) is 6.70. The molecule has 5 heterocycles. The number of aromatic nitrogens is 1. The normalized spacial score (nSPS) is 13.0. The van der Waals surface area contributed by atoms with Crippen LogP contribution in [-0.4, -0.2) is 0 Å². The number of aryl methyl sites for hydroxylation is 2. The molecule has 0 unspecified atom stereocenters. The van der Waals surface area contributed by atoms with Crippen LogP contribution < -0.4 is 9.30 Å². The first-order chi connectivity index (χ1) is 11.6. The van der Waals surface area contributed by atoms with Crippen LogP contribution in [-0.2, 0) is 13.5 Å². The van der Waals surface area contributed by atoms with Crippen molar-refractivity contribution in [2.45, 2.75) is 27.2 Å². The maximum absolute atomic E-state index is 6.39. The van der Waals surface area contributed by atoms with Gasteiger partial charge in [0, 0.05) is 16.5 Å². The molecule has 0 saturated heterocycles. The Morgan fingerprint density at radius 3 is 2.92 bits per heavy atom. The molecular weight excluding hydrogens is 338 g/mol. The molecular formula is C19H18NO2S2+. The molecule has 24 heavy (non-hydrogen) atoms. The van der Waals surface area contributed by atoms with E-state index >= 15 is 0 Å². The summed E-state index contributed by atoms with van der Waals surface area (Å²) in [6, 6.07) is 2.22. The number of hydrogen-bond donors (Lipinski definition) is 0. The lowest BCUT2D eigenvalue weighted by Gasteiger charge is -2.19. The number of hydrogen-bond acceptors (Lipinski definition) is 4. The number of pyridine rings is 1.